The van der Waals surface area contributed by atoms with Gasteiger partial charge in [0.1, 0.15) is 0 Å². The van der Waals surface area contributed by atoms with E-state index in [9.17, 15) is 9.59 Å². The highest BCUT2D eigenvalue weighted by Gasteiger charge is 2.22. The van der Waals surface area contributed by atoms with E-state index in [1.54, 1.807) is 16.7 Å². The second-order valence-electron chi connectivity index (χ2n) is 6.96. The second kappa shape index (κ2) is 9.37. The zero-order chi connectivity index (χ0) is 20.8. The van der Waals surface area contributed by atoms with E-state index in [1.165, 1.54) is 0 Å². The maximum absolute atomic E-state index is 13.1. The largest absolute Gasteiger partial charge is 0.351 e. The lowest BCUT2D eigenvalue weighted by molar-refractivity contribution is 0.0950. The number of hydrogen-bond donors (Lipinski definition) is 2. The van der Waals surface area contributed by atoms with E-state index in [1.807, 2.05) is 30.3 Å². The fourth-order valence-electron chi connectivity index (χ4n) is 3.40. The fraction of sp³-hybridized carbons (Fsp3) is 0.348. The van der Waals surface area contributed by atoms with Crippen molar-refractivity contribution in [3.8, 4) is 0 Å². The molecule has 6 nitrogen and oxygen atoms in total. The van der Waals surface area contributed by atoms with Gasteiger partial charge in [0.05, 0.1) is 5.52 Å². The van der Waals surface area contributed by atoms with Crippen LogP contribution < -0.4 is 10.6 Å². The SMILES string of the molecule is CCCCNC(=O)c1nc(C(=O)Nc2c(CC)cccc2CC)n2ccccc12. The number of pyridine rings is 1. The Hall–Kier alpha value is -3.15. The van der Waals surface area contributed by atoms with E-state index in [0.717, 1.165) is 42.5 Å². The quantitative estimate of drug-likeness (QED) is 0.563. The molecular weight excluding hydrogens is 364 g/mol. The van der Waals surface area contributed by atoms with Crippen molar-refractivity contribution in [2.75, 3.05) is 11.9 Å². The molecule has 0 aliphatic rings. The number of aromatic nitrogens is 2. The van der Waals surface area contributed by atoms with Crippen LogP contribution in [0.4, 0.5) is 5.69 Å². The summed E-state index contributed by atoms with van der Waals surface area (Å²) < 4.78 is 1.67. The number of aryl methyl sites for hydroxylation is 2. The van der Waals surface area contributed by atoms with Gasteiger partial charge in [0, 0.05) is 18.4 Å². The minimum Gasteiger partial charge on any atom is -0.351 e. The predicted molar refractivity (Wildman–Crippen MR) is 116 cm³/mol. The van der Waals surface area contributed by atoms with E-state index >= 15 is 0 Å². The molecule has 29 heavy (non-hydrogen) atoms. The van der Waals surface area contributed by atoms with Gasteiger partial charge in [-0.05, 0) is 42.5 Å². The summed E-state index contributed by atoms with van der Waals surface area (Å²) >= 11 is 0. The predicted octanol–water partition coefficient (Wildman–Crippen LogP) is 4.24. The Morgan fingerprint density at radius 3 is 2.34 bits per heavy atom. The van der Waals surface area contributed by atoms with Crippen molar-refractivity contribution in [2.24, 2.45) is 0 Å². The number of fused-ring (bicyclic) bond motifs is 1. The second-order valence-corrected chi connectivity index (χ2v) is 6.96. The number of imidazole rings is 1. The summed E-state index contributed by atoms with van der Waals surface area (Å²) in [6, 6.07) is 11.5. The smallest absolute Gasteiger partial charge is 0.292 e. The number of benzene rings is 1. The molecule has 2 N–H and O–H groups in total. The molecule has 1 aromatic carbocycles. The Labute approximate surface area is 171 Å². The van der Waals surface area contributed by atoms with Gasteiger partial charge in [-0.2, -0.15) is 0 Å². The lowest BCUT2D eigenvalue weighted by atomic mass is 10.0. The van der Waals surface area contributed by atoms with E-state index in [4.69, 9.17) is 0 Å². The Kier molecular flexibility index (Phi) is 6.65. The number of para-hydroxylation sites is 1. The van der Waals surface area contributed by atoms with Gasteiger partial charge >= 0.3 is 0 Å². The number of amides is 2. The molecule has 0 spiro atoms. The molecule has 0 atom stereocenters. The van der Waals surface area contributed by atoms with Crippen molar-refractivity contribution in [1.82, 2.24) is 14.7 Å². The molecule has 0 aliphatic carbocycles. The molecule has 152 valence electrons. The number of rotatable bonds is 8. The Morgan fingerprint density at radius 1 is 0.966 bits per heavy atom. The van der Waals surface area contributed by atoms with Crippen LogP contribution in [0.15, 0.2) is 42.6 Å². The number of anilines is 1. The fourth-order valence-corrected chi connectivity index (χ4v) is 3.40. The van der Waals surface area contributed by atoms with Gasteiger partial charge in [-0.15, -0.1) is 0 Å². The minimum atomic E-state index is -0.325. The molecule has 3 rings (SSSR count). The van der Waals surface area contributed by atoms with Gasteiger partial charge in [-0.25, -0.2) is 4.98 Å². The average molecular weight is 393 g/mol. The molecule has 0 bridgehead atoms. The van der Waals surface area contributed by atoms with Crippen LogP contribution in [0, 0.1) is 0 Å². The minimum absolute atomic E-state index is 0.203. The van der Waals surface area contributed by atoms with E-state index in [-0.39, 0.29) is 23.3 Å². The highest BCUT2D eigenvalue weighted by molar-refractivity contribution is 6.06. The first kappa shape index (κ1) is 20.6. The van der Waals surface area contributed by atoms with Crippen LogP contribution in [0.3, 0.4) is 0 Å². The highest BCUT2D eigenvalue weighted by Crippen LogP contribution is 2.24. The maximum atomic E-state index is 13.1. The number of hydrogen-bond acceptors (Lipinski definition) is 3. The molecule has 2 heterocycles. The van der Waals surface area contributed by atoms with Crippen LogP contribution in [0.1, 0.15) is 65.8 Å². The normalized spacial score (nSPS) is 10.9. The molecular formula is C23H28N4O2. The van der Waals surface area contributed by atoms with Crippen LogP contribution >= 0.6 is 0 Å². The summed E-state index contributed by atoms with van der Waals surface area (Å²) in [6.45, 7) is 6.79. The first-order valence-corrected chi connectivity index (χ1v) is 10.3. The van der Waals surface area contributed by atoms with Crippen molar-refractivity contribution in [3.05, 3.63) is 65.2 Å². The standard InChI is InChI=1S/C23H28N4O2/c1-4-7-14-24-22(28)20-18-13-8-9-15-27(18)21(25-20)23(29)26-19-16(5-2)11-10-12-17(19)6-3/h8-13,15H,4-7,14H2,1-3H3,(H,24,28)(H,26,29). The van der Waals surface area contributed by atoms with Crippen molar-refractivity contribution >= 4 is 23.0 Å². The first-order chi connectivity index (χ1) is 14.1. The third-order valence-electron chi connectivity index (χ3n) is 5.02. The van der Waals surface area contributed by atoms with E-state index < -0.39 is 0 Å². The highest BCUT2D eigenvalue weighted by atomic mass is 16.2. The molecule has 0 saturated carbocycles. The van der Waals surface area contributed by atoms with Gasteiger partial charge in [0.2, 0.25) is 5.82 Å². The van der Waals surface area contributed by atoms with Crippen LogP contribution in [0.5, 0.6) is 0 Å². The summed E-state index contributed by atoms with van der Waals surface area (Å²) in [5.41, 5.74) is 3.88. The van der Waals surface area contributed by atoms with Crippen LogP contribution in [0.25, 0.3) is 5.52 Å². The molecule has 6 heteroatoms. The third kappa shape index (κ3) is 4.31. The van der Waals surface area contributed by atoms with Gasteiger partial charge < -0.3 is 10.6 Å². The summed E-state index contributed by atoms with van der Waals surface area (Å²) in [5, 5.41) is 5.92. The summed E-state index contributed by atoms with van der Waals surface area (Å²) in [5.74, 6) is -0.381. The van der Waals surface area contributed by atoms with Crippen molar-refractivity contribution < 1.29 is 9.59 Å². The molecule has 2 aromatic heterocycles. The molecule has 0 unspecified atom stereocenters. The Morgan fingerprint density at radius 2 is 1.69 bits per heavy atom. The van der Waals surface area contributed by atoms with Gasteiger partial charge in [-0.1, -0.05) is 51.5 Å². The number of nitrogens with one attached hydrogen (secondary N) is 2. The lowest BCUT2D eigenvalue weighted by Crippen LogP contribution is -2.25. The van der Waals surface area contributed by atoms with Crippen LogP contribution in [-0.4, -0.2) is 27.7 Å². The Balaban J connectivity index is 1.96. The van der Waals surface area contributed by atoms with Crippen molar-refractivity contribution in [2.45, 2.75) is 46.5 Å². The monoisotopic (exact) mass is 392 g/mol. The van der Waals surface area contributed by atoms with E-state index in [2.05, 4.69) is 36.4 Å². The third-order valence-corrected chi connectivity index (χ3v) is 5.02. The first-order valence-electron chi connectivity index (χ1n) is 10.3. The van der Waals surface area contributed by atoms with Crippen molar-refractivity contribution in [1.29, 1.82) is 0 Å². The lowest BCUT2D eigenvalue weighted by Gasteiger charge is -2.14. The Bertz CT molecular complexity index is 1000. The average Bonchev–Trinajstić information content (AvgIpc) is 3.14. The zero-order valence-electron chi connectivity index (χ0n) is 17.3. The number of carbonyl (C=O) groups excluding carboxylic acids is 2. The molecule has 2 amide bonds. The number of carbonyl (C=O) groups is 2. The molecule has 0 aliphatic heterocycles. The van der Waals surface area contributed by atoms with Gasteiger partial charge in [0.25, 0.3) is 11.8 Å². The number of unbranched alkanes of at least 4 members (excludes halogenated alkanes) is 1. The topological polar surface area (TPSA) is 75.5 Å². The summed E-state index contributed by atoms with van der Waals surface area (Å²) in [4.78, 5) is 30.2. The van der Waals surface area contributed by atoms with Crippen molar-refractivity contribution in [3.63, 3.8) is 0 Å². The molecule has 3 aromatic rings. The number of nitrogens with zero attached hydrogens (tertiary/aromatic N) is 2. The summed E-state index contributed by atoms with van der Waals surface area (Å²) in [6.07, 6.45) is 5.28. The van der Waals surface area contributed by atoms with Crippen LogP contribution in [0.2, 0.25) is 0 Å². The maximum Gasteiger partial charge on any atom is 0.292 e. The summed E-state index contributed by atoms with van der Waals surface area (Å²) in [7, 11) is 0. The van der Waals surface area contributed by atoms with Gasteiger partial charge in [0.15, 0.2) is 5.69 Å². The van der Waals surface area contributed by atoms with Crippen LogP contribution in [-0.2, 0) is 12.8 Å². The van der Waals surface area contributed by atoms with E-state index in [0.29, 0.717) is 12.1 Å². The zero-order valence-corrected chi connectivity index (χ0v) is 17.3. The molecule has 0 fully saturated rings. The molecule has 0 saturated heterocycles. The van der Waals surface area contributed by atoms with Gasteiger partial charge in [-0.3, -0.25) is 14.0 Å². The molecule has 0 radical (unpaired) electrons.